The molecule has 258 valence electrons. The van der Waals surface area contributed by atoms with Crippen molar-refractivity contribution in [3.63, 3.8) is 0 Å². The van der Waals surface area contributed by atoms with Gasteiger partial charge in [-0.2, -0.15) is 0 Å². The summed E-state index contributed by atoms with van der Waals surface area (Å²) in [6.45, 7) is 4.84. The van der Waals surface area contributed by atoms with E-state index in [1.165, 1.54) is 116 Å². The second-order valence-corrected chi connectivity index (χ2v) is 12.7. The molecule has 0 aliphatic rings. The maximum absolute atomic E-state index is 12.3. The summed E-state index contributed by atoms with van der Waals surface area (Å²) in [4.78, 5) is 24.6. The Morgan fingerprint density at radius 1 is 0.477 bits per heavy atom. The van der Waals surface area contributed by atoms with Crippen LogP contribution in [-0.2, 0) is 19.1 Å². The van der Waals surface area contributed by atoms with Gasteiger partial charge in [0.1, 0.15) is 0 Å². The molecule has 0 saturated heterocycles. The molecular weight excluding hydrogens is 546 g/mol. The van der Waals surface area contributed by atoms with Crippen molar-refractivity contribution in [3.05, 3.63) is 24.3 Å². The molecular formula is C39H73NO4. The van der Waals surface area contributed by atoms with Crippen LogP contribution >= 0.6 is 0 Å². The molecule has 0 fully saturated rings. The van der Waals surface area contributed by atoms with Crippen molar-refractivity contribution in [1.29, 1.82) is 0 Å². The van der Waals surface area contributed by atoms with Crippen molar-refractivity contribution in [2.45, 2.75) is 206 Å². The Balaban J connectivity index is 3.70. The molecule has 0 unspecified atom stereocenters. The van der Waals surface area contributed by atoms with Gasteiger partial charge >= 0.3 is 11.9 Å². The minimum atomic E-state index is -0.855. The minimum Gasteiger partial charge on any atom is -0.425 e. The number of ether oxygens (including phenoxy) is 2. The largest absolute Gasteiger partial charge is 0.425 e. The molecule has 0 rings (SSSR count). The van der Waals surface area contributed by atoms with E-state index in [9.17, 15) is 9.59 Å². The van der Waals surface area contributed by atoms with Gasteiger partial charge in [0.15, 0.2) is 0 Å². The van der Waals surface area contributed by atoms with Crippen molar-refractivity contribution in [2.24, 2.45) is 5.73 Å². The predicted molar refractivity (Wildman–Crippen MR) is 189 cm³/mol. The topological polar surface area (TPSA) is 78.6 Å². The Labute approximate surface area is 273 Å². The molecule has 0 aliphatic heterocycles. The zero-order valence-electron chi connectivity index (χ0n) is 29.3. The van der Waals surface area contributed by atoms with Gasteiger partial charge in [-0.15, -0.1) is 0 Å². The third-order valence-electron chi connectivity index (χ3n) is 8.21. The second-order valence-electron chi connectivity index (χ2n) is 12.7. The summed E-state index contributed by atoms with van der Waals surface area (Å²) in [5.74, 6) is -0.593. The minimum absolute atomic E-state index is 0.296. The van der Waals surface area contributed by atoms with Crippen LogP contribution in [-0.4, -0.2) is 24.8 Å². The van der Waals surface area contributed by atoms with Gasteiger partial charge in [0, 0.05) is 19.3 Å². The smallest absolute Gasteiger partial charge is 0.308 e. The quantitative estimate of drug-likeness (QED) is 0.0335. The highest BCUT2D eigenvalue weighted by atomic mass is 16.7. The molecule has 44 heavy (non-hydrogen) atoms. The summed E-state index contributed by atoms with van der Waals surface area (Å²) in [6.07, 6.45) is 41.3. The fourth-order valence-electron chi connectivity index (χ4n) is 5.37. The van der Waals surface area contributed by atoms with Gasteiger partial charge in [-0.3, -0.25) is 9.59 Å². The first kappa shape index (κ1) is 42.4. The molecule has 0 aliphatic carbocycles. The Hall–Kier alpha value is -1.62. The van der Waals surface area contributed by atoms with E-state index >= 15 is 0 Å². The predicted octanol–water partition coefficient (Wildman–Crippen LogP) is 11.8. The van der Waals surface area contributed by atoms with E-state index in [0.29, 0.717) is 25.8 Å². The summed E-state index contributed by atoms with van der Waals surface area (Å²) < 4.78 is 10.9. The van der Waals surface area contributed by atoms with E-state index < -0.39 is 6.29 Å². The monoisotopic (exact) mass is 620 g/mol. The molecule has 0 heterocycles. The molecule has 0 amide bonds. The van der Waals surface area contributed by atoms with Crippen LogP contribution in [0.4, 0.5) is 0 Å². The Bertz CT molecular complexity index is 621. The SMILES string of the molecule is CCCCCCCC/C=C\CCCCCCCC(=O)OC(CCN)OC(=O)CCCCCCC/C=C\CCCCCCCC. The average molecular weight is 620 g/mol. The first-order chi connectivity index (χ1) is 21.6. The number of esters is 2. The summed E-state index contributed by atoms with van der Waals surface area (Å²) in [7, 11) is 0. The molecule has 0 saturated carbocycles. The molecule has 2 N–H and O–H groups in total. The summed E-state index contributed by atoms with van der Waals surface area (Å²) in [5, 5.41) is 0. The number of rotatable bonds is 34. The van der Waals surface area contributed by atoms with Crippen LogP contribution in [0.1, 0.15) is 200 Å². The highest BCUT2D eigenvalue weighted by Crippen LogP contribution is 2.14. The van der Waals surface area contributed by atoms with Gasteiger partial charge in [0.2, 0.25) is 6.29 Å². The highest BCUT2D eigenvalue weighted by Gasteiger charge is 2.18. The summed E-state index contributed by atoms with van der Waals surface area (Å²) >= 11 is 0. The lowest BCUT2D eigenvalue weighted by Crippen LogP contribution is -2.27. The van der Waals surface area contributed by atoms with Crippen LogP contribution in [0.25, 0.3) is 0 Å². The third-order valence-corrected chi connectivity index (χ3v) is 8.21. The van der Waals surface area contributed by atoms with E-state index in [4.69, 9.17) is 15.2 Å². The Kier molecular flexibility index (Phi) is 34.5. The van der Waals surface area contributed by atoms with Crippen LogP contribution < -0.4 is 5.73 Å². The number of unbranched alkanes of at least 4 members (excludes halogenated alkanes) is 22. The lowest BCUT2D eigenvalue weighted by Gasteiger charge is -2.17. The zero-order chi connectivity index (χ0) is 32.2. The number of carbonyl (C=O) groups excluding carboxylic acids is 2. The molecule has 0 spiro atoms. The molecule has 0 bridgehead atoms. The van der Waals surface area contributed by atoms with E-state index in [2.05, 4.69) is 38.2 Å². The van der Waals surface area contributed by atoms with Crippen LogP contribution in [0.2, 0.25) is 0 Å². The highest BCUT2D eigenvalue weighted by molar-refractivity contribution is 5.71. The molecule has 0 radical (unpaired) electrons. The van der Waals surface area contributed by atoms with Crippen LogP contribution in [0.5, 0.6) is 0 Å². The molecule has 0 aromatic rings. The normalized spacial score (nSPS) is 11.7. The Morgan fingerprint density at radius 3 is 1.09 bits per heavy atom. The molecule has 5 heteroatoms. The summed E-state index contributed by atoms with van der Waals surface area (Å²) in [5.41, 5.74) is 5.66. The average Bonchev–Trinajstić information content (AvgIpc) is 3.01. The van der Waals surface area contributed by atoms with Gasteiger partial charge < -0.3 is 15.2 Å². The molecule has 0 atom stereocenters. The van der Waals surface area contributed by atoms with E-state index in [-0.39, 0.29) is 11.9 Å². The van der Waals surface area contributed by atoms with E-state index in [1.807, 2.05) is 0 Å². The molecule has 5 nitrogen and oxygen atoms in total. The lowest BCUT2D eigenvalue weighted by atomic mass is 10.1. The number of allylic oxidation sites excluding steroid dienone is 4. The van der Waals surface area contributed by atoms with Gasteiger partial charge in [0.05, 0.1) is 0 Å². The standard InChI is InChI=1S/C39H73NO4/c1-3-5-7-9-11-13-15-17-19-21-23-25-27-29-31-33-37(41)43-39(35-36-40)44-38(42)34-32-30-28-26-24-22-20-18-16-14-12-10-8-6-4-2/h17-20,39H,3-16,21-36,40H2,1-2H3/b19-17-,20-18-. The Morgan fingerprint density at radius 2 is 0.773 bits per heavy atom. The van der Waals surface area contributed by atoms with E-state index in [1.54, 1.807) is 0 Å². The number of nitrogens with two attached hydrogens (primary N) is 1. The van der Waals surface area contributed by atoms with Gasteiger partial charge in [-0.25, -0.2) is 0 Å². The fraction of sp³-hybridized carbons (Fsp3) is 0.846. The maximum atomic E-state index is 12.3. The van der Waals surface area contributed by atoms with Gasteiger partial charge in [-0.1, -0.05) is 141 Å². The molecule has 0 aromatic carbocycles. The van der Waals surface area contributed by atoms with Crippen LogP contribution in [0, 0.1) is 0 Å². The first-order valence-electron chi connectivity index (χ1n) is 19.0. The van der Waals surface area contributed by atoms with Crippen molar-refractivity contribution in [1.82, 2.24) is 0 Å². The summed E-state index contributed by atoms with van der Waals surface area (Å²) in [6, 6.07) is 0. The second kappa shape index (κ2) is 35.9. The van der Waals surface area contributed by atoms with Gasteiger partial charge in [0.25, 0.3) is 0 Å². The molecule has 0 aromatic heterocycles. The van der Waals surface area contributed by atoms with Gasteiger partial charge in [-0.05, 0) is 70.8 Å². The van der Waals surface area contributed by atoms with Crippen LogP contribution in [0.3, 0.4) is 0 Å². The number of carbonyl (C=O) groups is 2. The van der Waals surface area contributed by atoms with Crippen molar-refractivity contribution in [2.75, 3.05) is 6.54 Å². The maximum Gasteiger partial charge on any atom is 0.308 e. The third kappa shape index (κ3) is 33.3. The van der Waals surface area contributed by atoms with Crippen molar-refractivity contribution in [3.8, 4) is 0 Å². The number of hydrogen-bond donors (Lipinski definition) is 1. The first-order valence-corrected chi connectivity index (χ1v) is 19.0. The van der Waals surface area contributed by atoms with Crippen LogP contribution in [0.15, 0.2) is 24.3 Å². The zero-order valence-corrected chi connectivity index (χ0v) is 29.3. The number of hydrogen-bond acceptors (Lipinski definition) is 5. The van der Waals surface area contributed by atoms with E-state index in [0.717, 1.165) is 51.4 Å². The van der Waals surface area contributed by atoms with Crippen molar-refractivity contribution < 1.29 is 19.1 Å². The lowest BCUT2D eigenvalue weighted by molar-refractivity contribution is -0.188. The van der Waals surface area contributed by atoms with Crippen molar-refractivity contribution >= 4 is 11.9 Å². The fourth-order valence-corrected chi connectivity index (χ4v) is 5.37.